The van der Waals surface area contributed by atoms with Crippen molar-refractivity contribution in [1.29, 1.82) is 0 Å². The van der Waals surface area contributed by atoms with E-state index < -0.39 is 5.97 Å². The zero-order valence-corrected chi connectivity index (χ0v) is 10.6. The standard InChI is InChI=1S/C13H16N2O4/c1-18-11-5-8(4-9(14)6-11)13(17)19-7-12(16)15-10-2-3-10/h4-6,10H,2-3,7,14H2,1H3,(H,15,16). The first-order chi connectivity index (χ1) is 9.08. The maximum Gasteiger partial charge on any atom is 0.338 e. The third kappa shape index (κ3) is 3.87. The molecule has 1 aliphatic carbocycles. The van der Waals surface area contributed by atoms with Crippen LogP contribution in [0.1, 0.15) is 23.2 Å². The van der Waals surface area contributed by atoms with Crippen molar-refractivity contribution in [3.63, 3.8) is 0 Å². The van der Waals surface area contributed by atoms with Crippen LogP contribution in [0.25, 0.3) is 0 Å². The van der Waals surface area contributed by atoms with Gasteiger partial charge in [-0.2, -0.15) is 0 Å². The third-order valence-electron chi connectivity index (χ3n) is 2.68. The van der Waals surface area contributed by atoms with Crippen molar-refractivity contribution in [3.8, 4) is 5.75 Å². The average molecular weight is 264 g/mol. The van der Waals surface area contributed by atoms with Gasteiger partial charge in [-0.1, -0.05) is 0 Å². The summed E-state index contributed by atoms with van der Waals surface area (Å²) in [5, 5.41) is 2.73. The van der Waals surface area contributed by atoms with Gasteiger partial charge in [0.15, 0.2) is 6.61 Å². The molecule has 2 rings (SSSR count). The van der Waals surface area contributed by atoms with Crippen LogP contribution in [0.2, 0.25) is 0 Å². The van der Waals surface area contributed by atoms with Gasteiger partial charge >= 0.3 is 5.97 Å². The van der Waals surface area contributed by atoms with Crippen LogP contribution in [0.3, 0.4) is 0 Å². The Morgan fingerprint density at radius 2 is 2.11 bits per heavy atom. The van der Waals surface area contributed by atoms with Crippen LogP contribution in [-0.2, 0) is 9.53 Å². The molecule has 6 heteroatoms. The third-order valence-corrected chi connectivity index (χ3v) is 2.68. The molecule has 1 aromatic rings. The van der Waals surface area contributed by atoms with Gasteiger partial charge in [0, 0.05) is 17.8 Å². The van der Waals surface area contributed by atoms with Crippen molar-refractivity contribution in [2.45, 2.75) is 18.9 Å². The summed E-state index contributed by atoms with van der Waals surface area (Å²) in [4.78, 5) is 23.1. The average Bonchev–Trinajstić information content (AvgIpc) is 3.19. The molecule has 0 heterocycles. The number of rotatable bonds is 5. The molecule has 6 nitrogen and oxygen atoms in total. The summed E-state index contributed by atoms with van der Waals surface area (Å²) >= 11 is 0. The Labute approximate surface area is 110 Å². The number of ether oxygens (including phenoxy) is 2. The number of amides is 1. The second-order valence-corrected chi connectivity index (χ2v) is 4.41. The van der Waals surface area contributed by atoms with Crippen LogP contribution in [0.5, 0.6) is 5.75 Å². The number of hydrogen-bond acceptors (Lipinski definition) is 5. The molecule has 3 N–H and O–H groups in total. The van der Waals surface area contributed by atoms with E-state index in [1.807, 2.05) is 0 Å². The molecule has 1 fully saturated rings. The van der Waals surface area contributed by atoms with Crippen LogP contribution in [0.15, 0.2) is 18.2 Å². The largest absolute Gasteiger partial charge is 0.497 e. The van der Waals surface area contributed by atoms with Crippen molar-refractivity contribution in [1.82, 2.24) is 5.32 Å². The number of methoxy groups -OCH3 is 1. The van der Waals surface area contributed by atoms with Gasteiger partial charge in [-0.05, 0) is 25.0 Å². The summed E-state index contributed by atoms with van der Waals surface area (Å²) in [6.07, 6.45) is 1.98. The van der Waals surface area contributed by atoms with E-state index in [0.29, 0.717) is 11.4 Å². The van der Waals surface area contributed by atoms with Crippen molar-refractivity contribution in [2.24, 2.45) is 0 Å². The predicted molar refractivity (Wildman–Crippen MR) is 68.9 cm³/mol. The number of carbonyl (C=O) groups excluding carboxylic acids is 2. The van der Waals surface area contributed by atoms with E-state index in [1.54, 1.807) is 6.07 Å². The Balaban J connectivity index is 1.91. The van der Waals surface area contributed by atoms with E-state index in [9.17, 15) is 9.59 Å². The lowest BCUT2D eigenvalue weighted by Crippen LogP contribution is -2.30. The van der Waals surface area contributed by atoms with E-state index in [-0.39, 0.29) is 24.1 Å². The number of carbonyl (C=O) groups is 2. The molecule has 0 bridgehead atoms. The smallest absolute Gasteiger partial charge is 0.338 e. The van der Waals surface area contributed by atoms with E-state index in [4.69, 9.17) is 15.2 Å². The highest BCUT2D eigenvalue weighted by atomic mass is 16.5. The van der Waals surface area contributed by atoms with Gasteiger partial charge in [0.1, 0.15) is 5.75 Å². The van der Waals surface area contributed by atoms with Crippen LogP contribution in [0, 0.1) is 0 Å². The highest BCUT2D eigenvalue weighted by molar-refractivity contribution is 5.92. The number of hydrogen-bond donors (Lipinski definition) is 2. The van der Waals surface area contributed by atoms with E-state index >= 15 is 0 Å². The molecule has 0 radical (unpaired) electrons. The van der Waals surface area contributed by atoms with Crippen LogP contribution < -0.4 is 15.8 Å². The molecule has 0 saturated heterocycles. The second kappa shape index (κ2) is 5.60. The summed E-state index contributed by atoms with van der Waals surface area (Å²) < 4.78 is 9.92. The fourth-order valence-corrected chi connectivity index (χ4v) is 1.57. The SMILES string of the molecule is COc1cc(N)cc(C(=O)OCC(=O)NC2CC2)c1. The number of nitrogen functional groups attached to an aromatic ring is 1. The van der Waals surface area contributed by atoms with Crippen LogP contribution in [-0.4, -0.2) is 31.6 Å². The zero-order valence-electron chi connectivity index (χ0n) is 10.6. The lowest BCUT2D eigenvalue weighted by Gasteiger charge is -2.07. The first-order valence-electron chi connectivity index (χ1n) is 5.99. The number of anilines is 1. The minimum Gasteiger partial charge on any atom is -0.497 e. The van der Waals surface area contributed by atoms with Gasteiger partial charge in [0.25, 0.3) is 5.91 Å². The lowest BCUT2D eigenvalue weighted by atomic mass is 10.2. The Morgan fingerprint density at radius 3 is 2.74 bits per heavy atom. The molecule has 1 aliphatic rings. The lowest BCUT2D eigenvalue weighted by molar-refractivity contribution is -0.124. The Bertz CT molecular complexity index is 497. The van der Waals surface area contributed by atoms with E-state index in [1.165, 1.54) is 19.2 Å². The Hall–Kier alpha value is -2.24. The van der Waals surface area contributed by atoms with Crippen LogP contribution >= 0.6 is 0 Å². The number of esters is 1. The second-order valence-electron chi connectivity index (χ2n) is 4.41. The predicted octanol–water partition coefficient (Wildman–Crippen LogP) is 0.713. The normalized spacial score (nSPS) is 13.7. The van der Waals surface area contributed by atoms with E-state index in [0.717, 1.165) is 12.8 Å². The topological polar surface area (TPSA) is 90.7 Å². The molecule has 1 amide bonds. The minimum atomic E-state index is -0.600. The summed E-state index contributed by atoms with van der Waals surface area (Å²) in [7, 11) is 1.48. The van der Waals surface area contributed by atoms with Crippen LogP contribution in [0.4, 0.5) is 5.69 Å². The highest BCUT2D eigenvalue weighted by Gasteiger charge is 2.23. The number of benzene rings is 1. The summed E-state index contributed by atoms with van der Waals surface area (Å²) in [6.45, 7) is -0.285. The molecule has 1 aromatic carbocycles. The Morgan fingerprint density at radius 1 is 1.37 bits per heavy atom. The number of nitrogens with one attached hydrogen (secondary N) is 1. The maximum absolute atomic E-state index is 11.8. The number of nitrogens with two attached hydrogens (primary N) is 1. The molecule has 102 valence electrons. The van der Waals surface area contributed by atoms with Crippen molar-refractivity contribution < 1.29 is 19.1 Å². The molecule has 1 saturated carbocycles. The van der Waals surface area contributed by atoms with Gasteiger partial charge in [0.2, 0.25) is 0 Å². The summed E-state index contributed by atoms with van der Waals surface area (Å²) in [5.41, 5.74) is 6.29. The molecule has 0 aromatic heterocycles. The molecular weight excluding hydrogens is 248 g/mol. The summed E-state index contributed by atoms with van der Waals surface area (Å²) in [5.74, 6) is -0.419. The molecule has 0 unspecified atom stereocenters. The first-order valence-corrected chi connectivity index (χ1v) is 5.99. The van der Waals surface area contributed by atoms with Crippen molar-refractivity contribution in [2.75, 3.05) is 19.5 Å². The molecular formula is C13H16N2O4. The molecule has 0 aliphatic heterocycles. The van der Waals surface area contributed by atoms with Gasteiger partial charge in [-0.3, -0.25) is 4.79 Å². The summed E-state index contributed by atoms with van der Waals surface area (Å²) in [6, 6.07) is 4.83. The fraction of sp³-hybridized carbons (Fsp3) is 0.385. The first kappa shape index (κ1) is 13.2. The molecule has 0 atom stereocenters. The van der Waals surface area contributed by atoms with E-state index in [2.05, 4.69) is 5.32 Å². The fourth-order valence-electron chi connectivity index (χ4n) is 1.57. The monoisotopic (exact) mass is 264 g/mol. The van der Waals surface area contributed by atoms with Gasteiger partial charge in [0.05, 0.1) is 12.7 Å². The minimum absolute atomic E-state index is 0.249. The molecule has 0 spiro atoms. The molecule has 19 heavy (non-hydrogen) atoms. The van der Waals surface area contributed by atoms with Gasteiger partial charge in [-0.25, -0.2) is 4.79 Å². The van der Waals surface area contributed by atoms with Gasteiger partial charge < -0.3 is 20.5 Å². The van der Waals surface area contributed by atoms with Crippen molar-refractivity contribution in [3.05, 3.63) is 23.8 Å². The van der Waals surface area contributed by atoms with Gasteiger partial charge in [-0.15, -0.1) is 0 Å². The highest BCUT2D eigenvalue weighted by Crippen LogP contribution is 2.19. The quantitative estimate of drug-likeness (QED) is 0.604. The maximum atomic E-state index is 11.8. The zero-order chi connectivity index (χ0) is 13.8. The Kier molecular flexibility index (Phi) is 3.89. The van der Waals surface area contributed by atoms with Crippen molar-refractivity contribution >= 4 is 17.6 Å².